The summed E-state index contributed by atoms with van der Waals surface area (Å²) < 4.78 is 18.9. The zero-order chi connectivity index (χ0) is 14.4. The molecular weight excluding hydrogens is 259 g/mol. The number of hydrogen-bond donors (Lipinski definition) is 1. The van der Waals surface area contributed by atoms with Crippen LogP contribution in [0.2, 0.25) is 0 Å². The van der Waals surface area contributed by atoms with Crippen molar-refractivity contribution in [3.8, 4) is 5.75 Å². The van der Waals surface area contributed by atoms with Crippen LogP contribution in [0.15, 0.2) is 18.2 Å². The lowest BCUT2D eigenvalue weighted by molar-refractivity contribution is 0.0917. The van der Waals surface area contributed by atoms with Crippen LogP contribution in [0.3, 0.4) is 0 Å². The van der Waals surface area contributed by atoms with Crippen LogP contribution in [0.1, 0.15) is 23.7 Å². The van der Waals surface area contributed by atoms with E-state index < -0.39 is 5.82 Å². The summed E-state index contributed by atoms with van der Waals surface area (Å²) in [5.74, 6) is -0.0107. The van der Waals surface area contributed by atoms with Gasteiger partial charge in [0.1, 0.15) is 11.6 Å². The van der Waals surface area contributed by atoms with Gasteiger partial charge in [0.25, 0.3) is 0 Å². The molecule has 1 aliphatic heterocycles. The molecule has 0 aromatic heterocycles. The molecule has 0 spiro atoms. The summed E-state index contributed by atoms with van der Waals surface area (Å²) in [6, 6.07) is 4.14. The molecule has 1 fully saturated rings. The second-order valence-corrected chi connectivity index (χ2v) is 4.94. The fraction of sp³-hybridized carbons (Fsp3) is 0.533. The lowest BCUT2D eigenvalue weighted by Crippen LogP contribution is -2.45. The molecule has 0 bridgehead atoms. The first kappa shape index (κ1) is 14.9. The number of nitrogens with zero attached hydrogens (tertiary/aromatic N) is 1. The first-order valence-corrected chi connectivity index (χ1v) is 7.09. The Morgan fingerprint density at radius 2 is 2.15 bits per heavy atom. The number of hydrogen-bond acceptors (Lipinski definition) is 4. The monoisotopic (exact) mass is 280 g/mol. The van der Waals surface area contributed by atoms with Crippen LogP contribution in [0.5, 0.6) is 5.75 Å². The van der Waals surface area contributed by atoms with Crippen LogP contribution in [-0.2, 0) is 0 Å². The topological polar surface area (TPSA) is 41.6 Å². The predicted molar refractivity (Wildman–Crippen MR) is 75.8 cm³/mol. The van der Waals surface area contributed by atoms with E-state index in [9.17, 15) is 9.18 Å². The molecule has 0 aliphatic carbocycles. The highest BCUT2D eigenvalue weighted by Gasteiger charge is 2.18. The van der Waals surface area contributed by atoms with Crippen molar-refractivity contribution in [1.82, 2.24) is 10.2 Å². The fourth-order valence-electron chi connectivity index (χ4n) is 2.22. The van der Waals surface area contributed by atoms with E-state index in [1.807, 2.05) is 6.92 Å². The molecule has 0 unspecified atom stereocenters. The van der Waals surface area contributed by atoms with E-state index in [1.165, 1.54) is 18.2 Å². The minimum atomic E-state index is -0.405. The zero-order valence-corrected chi connectivity index (χ0v) is 11.8. The third kappa shape index (κ3) is 4.02. The van der Waals surface area contributed by atoms with Gasteiger partial charge in [0.05, 0.1) is 18.7 Å². The Balaban J connectivity index is 2.08. The van der Waals surface area contributed by atoms with Gasteiger partial charge in [-0.05, 0) is 24.6 Å². The number of piperazine rings is 1. The van der Waals surface area contributed by atoms with Crippen molar-refractivity contribution >= 4 is 5.78 Å². The van der Waals surface area contributed by atoms with Crippen LogP contribution in [-0.4, -0.2) is 50.0 Å². The van der Waals surface area contributed by atoms with Crippen molar-refractivity contribution in [3.05, 3.63) is 29.6 Å². The normalized spacial score (nSPS) is 16.1. The molecule has 1 aromatic carbocycles. The van der Waals surface area contributed by atoms with Gasteiger partial charge in [0.15, 0.2) is 5.78 Å². The molecule has 1 saturated heterocycles. The standard InChI is InChI=1S/C15H21FN2O2/c1-2-9-20-15-4-3-12(16)10-13(15)14(19)11-18-7-5-17-6-8-18/h3-4,10,17H,2,5-9,11H2,1H3. The Morgan fingerprint density at radius 3 is 2.85 bits per heavy atom. The van der Waals surface area contributed by atoms with E-state index in [0.29, 0.717) is 24.5 Å². The van der Waals surface area contributed by atoms with Crippen LogP contribution >= 0.6 is 0 Å². The maximum atomic E-state index is 13.4. The summed E-state index contributed by atoms with van der Waals surface area (Å²) in [6.45, 7) is 6.28. The number of ether oxygens (including phenoxy) is 1. The number of carbonyl (C=O) groups excluding carboxylic acids is 1. The van der Waals surface area contributed by atoms with E-state index >= 15 is 0 Å². The van der Waals surface area contributed by atoms with Gasteiger partial charge in [-0.2, -0.15) is 0 Å². The molecule has 4 nitrogen and oxygen atoms in total. The third-order valence-corrected chi connectivity index (χ3v) is 3.28. The summed E-state index contributed by atoms with van der Waals surface area (Å²) in [5, 5.41) is 3.24. The second kappa shape index (κ2) is 7.36. The van der Waals surface area contributed by atoms with Gasteiger partial charge in [-0.3, -0.25) is 9.69 Å². The highest BCUT2D eigenvalue weighted by atomic mass is 19.1. The van der Waals surface area contributed by atoms with E-state index in [4.69, 9.17) is 4.74 Å². The Morgan fingerprint density at radius 1 is 1.40 bits per heavy atom. The fourth-order valence-corrected chi connectivity index (χ4v) is 2.22. The summed E-state index contributed by atoms with van der Waals surface area (Å²) in [6.07, 6.45) is 0.850. The average Bonchev–Trinajstić information content (AvgIpc) is 2.47. The third-order valence-electron chi connectivity index (χ3n) is 3.28. The van der Waals surface area contributed by atoms with Gasteiger partial charge in [-0.1, -0.05) is 6.92 Å². The molecular formula is C15H21FN2O2. The predicted octanol–water partition coefficient (Wildman–Crippen LogP) is 1.70. The number of ketones is 1. The highest BCUT2D eigenvalue weighted by Crippen LogP contribution is 2.21. The number of benzene rings is 1. The summed E-state index contributed by atoms with van der Waals surface area (Å²) in [5.41, 5.74) is 0.344. The molecule has 1 aromatic rings. The van der Waals surface area contributed by atoms with Crippen molar-refractivity contribution in [1.29, 1.82) is 0 Å². The number of Topliss-reactive ketones (excluding diaryl/α,β-unsaturated/α-hetero) is 1. The van der Waals surface area contributed by atoms with E-state index in [1.54, 1.807) is 0 Å². The van der Waals surface area contributed by atoms with Gasteiger partial charge < -0.3 is 10.1 Å². The maximum absolute atomic E-state index is 13.4. The van der Waals surface area contributed by atoms with Crippen molar-refractivity contribution in [3.63, 3.8) is 0 Å². The first-order chi connectivity index (χ1) is 9.70. The Labute approximate surface area is 118 Å². The van der Waals surface area contributed by atoms with Gasteiger partial charge in [0, 0.05) is 26.2 Å². The number of rotatable bonds is 6. The minimum absolute atomic E-state index is 0.0856. The average molecular weight is 280 g/mol. The van der Waals surface area contributed by atoms with Crippen LogP contribution in [0, 0.1) is 5.82 Å². The van der Waals surface area contributed by atoms with E-state index in [-0.39, 0.29) is 5.78 Å². The number of nitrogens with one attached hydrogen (secondary N) is 1. The molecule has 0 saturated carbocycles. The molecule has 1 heterocycles. The number of halogens is 1. The van der Waals surface area contributed by atoms with Crippen molar-refractivity contribution < 1.29 is 13.9 Å². The van der Waals surface area contributed by atoms with Gasteiger partial charge in [0.2, 0.25) is 0 Å². The Hall–Kier alpha value is -1.46. The lowest BCUT2D eigenvalue weighted by Gasteiger charge is -2.26. The van der Waals surface area contributed by atoms with Crippen LogP contribution in [0.25, 0.3) is 0 Å². The molecule has 0 amide bonds. The largest absolute Gasteiger partial charge is 0.493 e. The maximum Gasteiger partial charge on any atom is 0.180 e. The van der Waals surface area contributed by atoms with Crippen LogP contribution < -0.4 is 10.1 Å². The summed E-state index contributed by atoms with van der Waals surface area (Å²) in [4.78, 5) is 14.4. The molecule has 20 heavy (non-hydrogen) atoms. The van der Waals surface area contributed by atoms with Crippen molar-refractivity contribution in [2.24, 2.45) is 0 Å². The van der Waals surface area contributed by atoms with Crippen molar-refractivity contribution in [2.45, 2.75) is 13.3 Å². The Kier molecular flexibility index (Phi) is 5.49. The molecule has 1 aliphatic rings. The molecule has 0 radical (unpaired) electrons. The number of carbonyl (C=O) groups is 1. The smallest absolute Gasteiger partial charge is 0.180 e. The van der Waals surface area contributed by atoms with Crippen molar-refractivity contribution in [2.75, 3.05) is 39.3 Å². The second-order valence-electron chi connectivity index (χ2n) is 4.94. The molecule has 1 N–H and O–H groups in total. The van der Waals surface area contributed by atoms with Gasteiger partial charge in [-0.15, -0.1) is 0 Å². The zero-order valence-electron chi connectivity index (χ0n) is 11.8. The van der Waals surface area contributed by atoms with Gasteiger partial charge >= 0.3 is 0 Å². The lowest BCUT2D eigenvalue weighted by atomic mass is 10.1. The highest BCUT2D eigenvalue weighted by molar-refractivity contribution is 6.00. The molecule has 5 heteroatoms. The summed E-state index contributed by atoms with van der Waals surface area (Å²) >= 11 is 0. The summed E-state index contributed by atoms with van der Waals surface area (Å²) in [7, 11) is 0. The van der Waals surface area contributed by atoms with E-state index in [0.717, 1.165) is 32.6 Å². The molecule has 2 rings (SSSR count). The molecule has 110 valence electrons. The molecule has 0 atom stereocenters. The Bertz CT molecular complexity index is 459. The quantitative estimate of drug-likeness (QED) is 0.805. The van der Waals surface area contributed by atoms with Gasteiger partial charge in [-0.25, -0.2) is 4.39 Å². The minimum Gasteiger partial charge on any atom is -0.493 e. The first-order valence-electron chi connectivity index (χ1n) is 7.09. The van der Waals surface area contributed by atoms with Crippen LogP contribution in [0.4, 0.5) is 4.39 Å². The SMILES string of the molecule is CCCOc1ccc(F)cc1C(=O)CN1CCNCC1. The van der Waals surface area contributed by atoms with E-state index in [2.05, 4.69) is 10.2 Å².